The molecule has 0 saturated heterocycles. The SMILES string of the molecule is C=CCNC(=O)c1cccc(N(C)C)n1. The van der Waals surface area contributed by atoms with Gasteiger partial charge in [-0.15, -0.1) is 6.58 Å². The molecule has 4 heteroatoms. The van der Waals surface area contributed by atoms with Crippen LogP contribution >= 0.6 is 0 Å². The van der Waals surface area contributed by atoms with E-state index in [0.29, 0.717) is 12.2 Å². The number of aromatic nitrogens is 1. The first kappa shape index (κ1) is 11.2. The van der Waals surface area contributed by atoms with Crippen LogP contribution in [0.2, 0.25) is 0 Å². The molecule has 15 heavy (non-hydrogen) atoms. The molecule has 0 aliphatic heterocycles. The highest BCUT2D eigenvalue weighted by molar-refractivity contribution is 5.92. The zero-order valence-corrected chi connectivity index (χ0v) is 9.03. The number of rotatable bonds is 4. The van der Waals surface area contributed by atoms with Crippen LogP contribution in [-0.2, 0) is 0 Å². The zero-order chi connectivity index (χ0) is 11.3. The Labute approximate surface area is 89.6 Å². The lowest BCUT2D eigenvalue weighted by Gasteiger charge is -2.11. The Balaban J connectivity index is 2.80. The Morgan fingerprint density at radius 2 is 2.33 bits per heavy atom. The van der Waals surface area contributed by atoms with Gasteiger partial charge in [-0.25, -0.2) is 4.98 Å². The molecule has 1 aromatic heterocycles. The van der Waals surface area contributed by atoms with Gasteiger partial charge in [0.15, 0.2) is 0 Å². The summed E-state index contributed by atoms with van der Waals surface area (Å²) < 4.78 is 0. The second kappa shape index (κ2) is 5.14. The fourth-order valence-corrected chi connectivity index (χ4v) is 1.05. The second-order valence-corrected chi connectivity index (χ2v) is 3.27. The fraction of sp³-hybridized carbons (Fsp3) is 0.273. The summed E-state index contributed by atoms with van der Waals surface area (Å²) in [7, 11) is 3.77. The third kappa shape index (κ3) is 3.09. The number of hydrogen-bond acceptors (Lipinski definition) is 3. The minimum absolute atomic E-state index is 0.182. The molecule has 0 unspecified atom stereocenters. The monoisotopic (exact) mass is 205 g/mol. The summed E-state index contributed by atoms with van der Waals surface area (Å²) in [5, 5.41) is 2.68. The molecule has 1 amide bonds. The molecule has 0 spiro atoms. The lowest BCUT2D eigenvalue weighted by Crippen LogP contribution is -2.24. The Bertz CT molecular complexity index is 361. The second-order valence-electron chi connectivity index (χ2n) is 3.27. The van der Waals surface area contributed by atoms with Crippen molar-refractivity contribution in [2.24, 2.45) is 0 Å². The molecule has 0 saturated carbocycles. The standard InChI is InChI=1S/C11H15N3O/c1-4-8-12-11(15)9-6-5-7-10(13-9)14(2)3/h4-7H,1,8H2,2-3H3,(H,12,15). The van der Waals surface area contributed by atoms with Gasteiger partial charge >= 0.3 is 0 Å². The predicted molar refractivity (Wildman–Crippen MR) is 61.1 cm³/mol. The lowest BCUT2D eigenvalue weighted by molar-refractivity contribution is 0.0953. The highest BCUT2D eigenvalue weighted by atomic mass is 16.1. The molecular weight excluding hydrogens is 190 g/mol. The highest BCUT2D eigenvalue weighted by Crippen LogP contribution is 2.07. The Morgan fingerprint density at radius 1 is 1.60 bits per heavy atom. The molecule has 0 radical (unpaired) electrons. The Morgan fingerprint density at radius 3 is 2.93 bits per heavy atom. The van der Waals surface area contributed by atoms with Crippen LogP contribution in [0.15, 0.2) is 30.9 Å². The van der Waals surface area contributed by atoms with Gasteiger partial charge in [-0.3, -0.25) is 4.79 Å². The number of anilines is 1. The van der Waals surface area contributed by atoms with Gasteiger partial charge in [0, 0.05) is 20.6 Å². The van der Waals surface area contributed by atoms with E-state index < -0.39 is 0 Å². The summed E-state index contributed by atoms with van der Waals surface area (Å²) in [6.45, 7) is 3.98. The van der Waals surface area contributed by atoms with Crippen molar-refractivity contribution in [3.63, 3.8) is 0 Å². The molecule has 1 aromatic rings. The summed E-state index contributed by atoms with van der Waals surface area (Å²) in [5.74, 6) is 0.583. The maximum atomic E-state index is 11.5. The molecule has 0 atom stereocenters. The number of carbonyl (C=O) groups excluding carboxylic acids is 1. The van der Waals surface area contributed by atoms with Crippen LogP contribution in [0.5, 0.6) is 0 Å². The molecule has 0 fully saturated rings. The smallest absolute Gasteiger partial charge is 0.270 e. The largest absolute Gasteiger partial charge is 0.363 e. The van der Waals surface area contributed by atoms with E-state index in [1.165, 1.54) is 0 Å². The van der Waals surface area contributed by atoms with Gasteiger partial charge in [0.05, 0.1) is 0 Å². The molecule has 1 heterocycles. The van der Waals surface area contributed by atoms with Crippen molar-refractivity contribution in [3.05, 3.63) is 36.5 Å². The van der Waals surface area contributed by atoms with Crippen molar-refractivity contribution in [1.29, 1.82) is 0 Å². The van der Waals surface area contributed by atoms with Crippen molar-refractivity contribution in [2.45, 2.75) is 0 Å². The average Bonchev–Trinajstić information content (AvgIpc) is 2.26. The molecule has 1 N–H and O–H groups in total. The quantitative estimate of drug-likeness (QED) is 0.748. The molecule has 4 nitrogen and oxygen atoms in total. The van der Waals surface area contributed by atoms with Gasteiger partial charge in [-0.1, -0.05) is 12.1 Å². The topological polar surface area (TPSA) is 45.2 Å². The van der Waals surface area contributed by atoms with Crippen LogP contribution in [-0.4, -0.2) is 31.5 Å². The van der Waals surface area contributed by atoms with E-state index in [1.807, 2.05) is 31.1 Å². The number of hydrogen-bond donors (Lipinski definition) is 1. The van der Waals surface area contributed by atoms with E-state index in [0.717, 1.165) is 5.82 Å². The third-order valence-electron chi connectivity index (χ3n) is 1.83. The van der Waals surface area contributed by atoms with Crippen molar-refractivity contribution in [2.75, 3.05) is 25.5 Å². The van der Waals surface area contributed by atoms with Crippen LogP contribution < -0.4 is 10.2 Å². The van der Waals surface area contributed by atoms with E-state index in [9.17, 15) is 4.79 Å². The summed E-state index contributed by atoms with van der Waals surface area (Å²) in [6, 6.07) is 5.35. The van der Waals surface area contributed by atoms with Gasteiger partial charge in [-0.2, -0.15) is 0 Å². The van der Waals surface area contributed by atoms with Crippen LogP contribution in [0, 0.1) is 0 Å². The maximum Gasteiger partial charge on any atom is 0.270 e. The molecule has 0 aliphatic carbocycles. The van der Waals surface area contributed by atoms with Crippen molar-refractivity contribution >= 4 is 11.7 Å². The van der Waals surface area contributed by atoms with Gasteiger partial charge in [-0.05, 0) is 12.1 Å². The number of nitrogens with zero attached hydrogens (tertiary/aromatic N) is 2. The van der Waals surface area contributed by atoms with Gasteiger partial charge in [0.25, 0.3) is 5.91 Å². The van der Waals surface area contributed by atoms with Crippen molar-refractivity contribution in [1.82, 2.24) is 10.3 Å². The first-order chi connectivity index (χ1) is 7.15. The van der Waals surface area contributed by atoms with Gasteiger partial charge < -0.3 is 10.2 Å². The molecular formula is C11H15N3O. The lowest BCUT2D eigenvalue weighted by atomic mass is 10.3. The fourth-order valence-electron chi connectivity index (χ4n) is 1.05. The van der Waals surface area contributed by atoms with Crippen LogP contribution in [0.25, 0.3) is 0 Å². The van der Waals surface area contributed by atoms with E-state index >= 15 is 0 Å². The molecule has 0 aromatic carbocycles. The average molecular weight is 205 g/mol. The Kier molecular flexibility index (Phi) is 3.85. The number of amides is 1. The number of carbonyl (C=O) groups is 1. The summed E-state index contributed by atoms with van der Waals surface area (Å²) >= 11 is 0. The van der Waals surface area contributed by atoms with Crippen molar-refractivity contribution < 1.29 is 4.79 Å². The minimum Gasteiger partial charge on any atom is -0.363 e. The van der Waals surface area contributed by atoms with E-state index in [2.05, 4.69) is 16.9 Å². The van der Waals surface area contributed by atoms with E-state index in [4.69, 9.17) is 0 Å². The predicted octanol–water partition coefficient (Wildman–Crippen LogP) is 1.06. The van der Waals surface area contributed by atoms with E-state index in [-0.39, 0.29) is 5.91 Å². The molecule has 0 bridgehead atoms. The maximum absolute atomic E-state index is 11.5. The third-order valence-corrected chi connectivity index (χ3v) is 1.83. The van der Waals surface area contributed by atoms with Gasteiger partial charge in [0.2, 0.25) is 0 Å². The number of pyridine rings is 1. The summed E-state index contributed by atoms with van der Waals surface area (Å²) in [4.78, 5) is 17.6. The summed E-state index contributed by atoms with van der Waals surface area (Å²) in [6.07, 6.45) is 1.63. The first-order valence-corrected chi connectivity index (χ1v) is 4.68. The molecule has 80 valence electrons. The minimum atomic E-state index is -0.182. The zero-order valence-electron chi connectivity index (χ0n) is 9.03. The molecule has 1 rings (SSSR count). The van der Waals surface area contributed by atoms with Gasteiger partial charge in [0.1, 0.15) is 11.5 Å². The normalized spacial score (nSPS) is 9.47. The van der Waals surface area contributed by atoms with Crippen LogP contribution in [0.4, 0.5) is 5.82 Å². The molecule has 0 aliphatic rings. The summed E-state index contributed by atoms with van der Waals surface area (Å²) in [5.41, 5.74) is 0.419. The van der Waals surface area contributed by atoms with Crippen LogP contribution in [0.3, 0.4) is 0 Å². The number of nitrogens with one attached hydrogen (secondary N) is 1. The van der Waals surface area contributed by atoms with E-state index in [1.54, 1.807) is 12.1 Å². The Hall–Kier alpha value is -1.84. The van der Waals surface area contributed by atoms with Crippen molar-refractivity contribution in [3.8, 4) is 0 Å². The highest BCUT2D eigenvalue weighted by Gasteiger charge is 2.06. The first-order valence-electron chi connectivity index (χ1n) is 4.68. The van der Waals surface area contributed by atoms with Crippen LogP contribution in [0.1, 0.15) is 10.5 Å².